The number of hydrogen-bond donors (Lipinski definition) is 2. The van der Waals surface area contributed by atoms with Gasteiger partial charge in [0.1, 0.15) is 5.65 Å². The number of aryl methyl sites for hydroxylation is 2. The summed E-state index contributed by atoms with van der Waals surface area (Å²) in [5.74, 6) is 0.665. The summed E-state index contributed by atoms with van der Waals surface area (Å²) in [4.78, 5) is 5.80. The van der Waals surface area contributed by atoms with Crippen LogP contribution in [0.5, 0.6) is 0 Å². The molecule has 1 radical (unpaired) electrons. The summed E-state index contributed by atoms with van der Waals surface area (Å²) >= 11 is 6.06. The topological polar surface area (TPSA) is 50.1 Å². The third-order valence-electron chi connectivity index (χ3n) is 8.58. The SMILES string of the molecule is Cc1cc(C)c2c3ccccc3n(Cc3ccc([C@@H](C(=S)NC(CO)c4ccccc4)C4CCCC4)cc3)c2n1.[Ac]. The van der Waals surface area contributed by atoms with Gasteiger partial charge in [-0.1, -0.05) is 97.9 Å². The number of hydrogen-bond acceptors (Lipinski definition) is 3. The van der Waals surface area contributed by atoms with Crippen LogP contribution in [-0.2, 0) is 6.54 Å². The number of aromatic nitrogens is 2. The first kappa shape index (κ1) is 30.4. The number of nitrogens with one attached hydrogen (secondary N) is 1. The van der Waals surface area contributed by atoms with E-state index in [1.54, 1.807) is 0 Å². The van der Waals surface area contributed by atoms with Gasteiger partial charge in [-0.25, -0.2) is 4.98 Å². The molecule has 0 bridgehead atoms. The summed E-state index contributed by atoms with van der Waals surface area (Å²) in [7, 11) is 0. The molecule has 3 aromatic carbocycles. The van der Waals surface area contributed by atoms with E-state index in [-0.39, 0.29) is 62.6 Å². The molecular weight excluding hydrogens is 737 g/mol. The van der Waals surface area contributed by atoms with Crippen LogP contribution in [0, 0.1) is 63.8 Å². The number of benzene rings is 3. The van der Waals surface area contributed by atoms with Crippen molar-refractivity contribution in [3.05, 3.63) is 113 Å². The van der Waals surface area contributed by atoms with Gasteiger partial charge in [0.2, 0.25) is 0 Å². The van der Waals surface area contributed by atoms with E-state index >= 15 is 0 Å². The van der Waals surface area contributed by atoms with Crippen LogP contribution in [0.4, 0.5) is 0 Å². The molecule has 1 unspecified atom stereocenters. The molecule has 1 aliphatic carbocycles. The largest absolute Gasteiger partial charge is 0.394 e. The predicted octanol–water partition coefficient (Wildman–Crippen LogP) is 7.78. The molecule has 1 aliphatic rings. The van der Waals surface area contributed by atoms with Crippen LogP contribution < -0.4 is 5.32 Å². The normalized spacial score (nSPS) is 15.1. The molecule has 0 aliphatic heterocycles. The maximum absolute atomic E-state index is 10.2. The van der Waals surface area contributed by atoms with Crippen molar-refractivity contribution in [2.45, 2.75) is 58.0 Å². The summed E-state index contributed by atoms with van der Waals surface area (Å²) in [6.45, 7) is 5.02. The van der Waals surface area contributed by atoms with E-state index in [0.717, 1.165) is 28.4 Å². The number of para-hydroxylation sites is 1. The second-order valence-corrected chi connectivity index (χ2v) is 11.7. The standard InChI is InChI=1S/C35H37N3OS.Ac/c1-23-20-24(2)36-34-32(23)29-14-8-9-15-31(29)38(34)21-25-16-18-28(19-17-25)33(27-12-6-7-13-27)35(40)37-30(22-39)26-10-4-3-5-11-26;/h3-5,8-11,14-20,27,30,33,39H,6-7,12-13,21-22H2,1-2H3,(H,37,40);/t30?,33-;/m0./s1. The number of aliphatic hydroxyl groups is 1. The molecule has 6 rings (SSSR count). The molecule has 6 heteroatoms. The Labute approximate surface area is 284 Å². The minimum Gasteiger partial charge on any atom is -0.394 e. The maximum atomic E-state index is 10.2. The van der Waals surface area contributed by atoms with Gasteiger partial charge in [-0.15, -0.1) is 0 Å². The van der Waals surface area contributed by atoms with Gasteiger partial charge < -0.3 is 15.0 Å². The fraction of sp³-hybridized carbons (Fsp3) is 0.314. The van der Waals surface area contributed by atoms with Gasteiger partial charge in [-0.2, -0.15) is 0 Å². The summed E-state index contributed by atoms with van der Waals surface area (Å²) in [6.07, 6.45) is 4.89. The molecule has 1 saturated carbocycles. The second-order valence-electron chi connectivity index (χ2n) is 11.3. The van der Waals surface area contributed by atoms with E-state index in [9.17, 15) is 5.11 Å². The Hall–Kier alpha value is -2.10. The van der Waals surface area contributed by atoms with Gasteiger partial charge in [0, 0.05) is 73.0 Å². The molecule has 0 saturated heterocycles. The van der Waals surface area contributed by atoms with E-state index in [1.807, 2.05) is 30.3 Å². The molecule has 5 aromatic rings. The minimum absolute atomic E-state index is 0. The molecular formula is C35H37AcN3OS. The number of aliphatic hydroxyl groups excluding tert-OH is 1. The van der Waals surface area contributed by atoms with Gasteiger partial charge in [0.25, 0.3) is 0 Å². The fourth-order valence-corrected chi connectivity index (χ4v) is 7.13. The van der Waals surface area contributed by atoms with Crippen LogP contribution in [0.2, 0.25) is 0 Å². The molecule has 2 atom stereocenters. The van der Waals surface area contributed by atoms with Crippen LogP contribution in [0.15, 0.2) is 84.9 Å². The average molecular weight is 775 g/mol. The monoisotopic (exact) mass is 774 g/mol. The van der Waals surface area contributed by atoms with Gasteiger partial charge >= 0.3 is 0 Å². The van der Waals surface area contributed by atoms with E-state index in [4.69, 9.17) is 17.2 Å². The summed E-state index contributed by atoms with van der Waals surface area (Å²) in [5, 5.41) is 16.2. The molecule has 41 heavy (non-hydrogen) atoms. The van der Waals surface area contributed by atoms with E-state index < -0.39 is 0 Å². The molecule has 0 amide bonds. The zero-order valence-electron chi connectivity index (χ0n) is 23.9. The van der Waals surface area contributed by atoms with Gasteiger partial charge in [-0.3, -0.25) is 0 Å². The van der Waals surface area contributed by atoms with Crippen molar-refractivity contribution in [2.75, 3.05) is 6.61 Å². The average Bonchev–Trinajstić information content (AvgIpc) is 3.60. The van der Waals surface area contributed by atoms with Crippen molar-refractivity contribution in [3.8, 4) is 0 Å². The Kier molecular flexibility index (Phi) is 9.97. The van der Waals surface area contributed by atoms with E-state index in [2.05, 4.69) is 78.3 Å². The Morgan fingerprint density at radius 1 is 0.951 bits per heavy atom. The summed E-state index contributed by atoms with van der Waals surface area (Å²) < 4.78 is 2.35. The summed E-state index contributed by atoms with van der Waals surface area (Å²) in [6, 6.07) is 29.7. The molecule has 2 heterocycles. The zero-order chi connectivity index (χ0) is 27.6. The van der Waals surface area contributed by atoms with Crippen LogP contribution in [0.3, 0.4) is 0 Å². The number of fused-ring (bicyclic) bond motifs is 3. The number of pyridine rings is 1. The van der Waals surface area contributed by atoms with Crippen molar-refractivity contribution in [1.82, 2.24) is 14.9 Å². The Morgan fingerprint density at radius 2 is 1.63 bits per heavy atom. The van der Waals surface area contributed by atoms with Gasteiger partial charge in [0.15, 0.2) is 0 Å². The Balaban J connectivity index is 0.00000337. The minimum atomic E-state index is -0.202. The van der Waals surface area contributed by atoms with Crippen molar-refractivity contribution in [3.63, 3.8) is 0 Å². The van der Waals surface area contributed by atoms with Crippen molar-refractivity contribution < 1.29 is 49.2 Å². The first-order chi connectivity index (χ1) is 19.5. The summed E-state index contributed by atoms with van der Waals surface area (Å²) in [5.41, 5.74) is 8.13. The third kappa shape index (κ3) is 6.32. The van der Waals surface area contributed by atoms with Crippen molar-refractivity contribution in [1.29, 1.82) is 0 Å². The fourth-order valence-electron chi connectivity index (χ4n) is 6.66. The Bertz CT molecular complexity index is 1640. The number of rotatable bonds is 8. The zero-order valence-corrected chi connectivity index (χ0v) is 29.4. The second kappa shape index (κ2) is 13.5. The molecule has 1 fully saturated rings. The molecule has 4 nitrogen and oxygen atoms in total. The van der Waals surface area contributed by atoms with Crippen molar-refractivity contribution >= 4 is 39.1 Å². The smallest absolute Gasteiger partial charge is 0.141 e. The molecule has 0 spiro atoms. The van der Waals surface area contributed by atoms with E-state index in [0.29, 0.717) is 5.92 Å². The Morgan fingerprint density at radius 3 is 2.34 bits per heavy atom. The van der Waals surface area contributed by atoms with Gasteiger partial charge in [0.05, 0.1) is 23.2 Å². The molecule has 207 valence electrons. The first-order valence-corrected chi connectivity index (χ1v) is 14.8. The molecule has 2 N–H and O–H groups in total. The van der Waals surface area contributed by atoms with Crippen LogP contribution >= 0.6 is 12.2 Å². The van der Waals surface area contributed by atoms with Crippen molar-refractivity contribution in [2.24, 2.45) is 5.92 Å². The quantitative estimate of drug-likeness (QED) is 0.158. The van der Waals surface area contributed by atoms with Gasteiger partial charge in [-0.05, 0) is 67.0 Å². The number of nitrogens with zero attached hydrogens (tertiary/aromatic N) is 2. The first-order valence-electron chi connectivity index (χ1n) is 14.4. The molecule has 2 aromatic heterocycles. The van der Waals surface area contributed by atoms with E-state index in [1.165, 1.54) is 58.7 Å². The predicted molar refractivity (Wildman–Crippen MR) is 169 cm³/mol. The van der Waals surface area contributed by atoms with Crippen LogP contribution in [0.1, 0.15) is 65.6 Å². The number of thiocarbonyl (C=S) groups is 1. The maximum Gasteiger partial charge on any atom is 0.141 e. The van der Waals surface area contributed by atoms with Crippen LogP contribution in [0.25, 0.3) is 21.9 Å². The third-order valence-corrected chi connectivity index (χ3v) is 8.95. The van der Waals surface area contributed by atoms with Crippen LogP contribution in [-0.4, -0.2) is 26.3 Å².